The van der Waals surface area contributed by atoms with Crippen molar-refractivity contribution < 1.29 is 8.42 Å². The monoisotopic (exact) mass is 436 g/mol. The van der Waals surface area contributed by atoms with Gasteiger partial charge >= 0.3 is 0 Å². The summed E-state index contributed by atoms with van der Waals surface area (Å²) in [5, 5.41) is 7.36. The fourth-order valence-corrected chi connectivity index (χ4v) is 3.84. The van der Waals surface area contributed by atoms with E-state index in [0.29, 0.717) is 12.5 Å². The molecule has 6 nitrogen and oxygen atoms in total. The van der Waals surface area contributed by atoms with Crippen molar-refractivity contribution in [3.8, 4) is 0 Å². The lowest BCUT2D eigenvalue weighted by atomic mass is 9.86. The van der Waals surface area contributed by atoms with Crippen LogP contribution in [0.5, 0.6) is 0 Å². The topological polar surface area (TPSA) is 82.6 Å². The molecule has 0 heterocycles. The van der Waals surface area contributed by atoms with Crippen molar-refractivity contribution in [3.63, 3.8) is 0 Å². The lowest BCUT2D eigenvalue weighted by molar-refractivity contribution is 0.359. The van der Waals surface area contributed by atoms with Crippen LogP contribution < -0.4 is 15.4 Å². The fraction of sp³-hybridized carbons (Fsp3) is 0.381. The maximum absolute atomic E-state index is 11.8. The van der Waals surface area contributed by atoms with Gasteiger partial charge < -0.3 is 10.6 Å². The van der Waals surface area contributed by atoms with Crippen LogP contribution in [0.3, 0.4) is 0 Å². The molecule has 2 aromatic carbocycles. The predicted octanol–water partition coefficient (Wildman–Crippen LogP) is 3.18. The highest BCUT2D eigenvalue weighted by atomic mass is 35.5. The number of halogens is 1. The van der Waals surface area contributed by atoms with E-state index in [1.54, 1.807) is 31.3 Å². The van der Waals surface area contributed by atoms with Crippen molar-refractivity contribution in [3.05, 3.63) is 64.7 Å². The van der Waals surface area contributed by atoms with Gasteiger partial charge in [-0.3, -0.25) is 4.99 Å². The lowest BCUT2D eigenvalue weighted by Crippen LogP contribution is -2.42. The number of benzene rings is 2. The molecule has 0 saturated carbocycles. The summed E-state index contributed by atoms with van der Waals surface area (Å²) in [6, 6.07) is 14.7. The van der Waals surface area contributed by atoms with Gasteiger partial charge in [0.1, 0.15) is 0 Å². The largest absolute Gasteiger partial charge is 0.356 e. The van der Waals surface area contributed by atoms with Crippen LogP contribution in [-0.4, -0.2) is 35.0 Å². The van der Waals surface area contributed by atoms with Gasteiger partial charge in [0, 0.05) is 25.2 Å². The predicted molar refractivity (Wildman–Crippen MR) is 120 cm³/mol. The molecule has 29 heavy (non-hydrogen) atoms. The molecule has 0 unspecified atom stereocenters. The van der Waals surface area contributed by atoms with E-state index in [-0.39, 0.29) is 10.3 Å². The summed E-state index contributed by atoms with van der Waals surface area (Å²) >= 11 is 6.08. The minimum Gasteiger partial charge on any atom is -0.356 e. The second-order valence-corrected chi connectivity index (χ2v) is 9.92. The Balaban J connectivity index is 1.89. The zero-order valence-electron chi connectivity index (χ0n) is 17.3. The van der Waals surface area contributed by atoms with E-state index in [2.05, 4.69) is 40.3 Å². The first-order valence-electron chi connectivity index (χ1n) is 9.37. The molecule has 8 heteroatoms. The highest BCUT2D eigenvalue weighted by Crippen LogP contribution is 2.22. The maximum Gasteiger partial charge on any atom is 0.240 e. The van der Waals surface area contributed by atoms with E-state index in [1.165, 1.54) is 12.6 Å². The summed E-state index contributed by atoms with van der Waals surface area (Å²) in [6.07, 6.45) is 0.888. The summed E-state index contributed by atoms with van der Waals surface area (Å²) < 4.78 is 25.9. The second kappa shape index (κ2) is 10.1. The summed E-state index contributed by atoms with van der Waals surface area (Å²) in [5.74, 6) is 0.691. The van der Waals surface area contributed by atoms with Crippen LogP contribution >= 0.6 is 11.6 Å². The second-order valence-electron chi connectivity index (χ2n) is 7.60. The van der Waals surface area contributed by atoms with Gasteiger partial charge in [0.25, 0.3) is 0 Å². The Bertz CT molecular complexity index is 941. The lowest BCUT2D eigenvalue weighted by Gasteiger charge is -2.26. The molecular weight excluding hydrogens is 408 g/mol. The Morgan fingerprint density at radius 2 is 1.76 bits per heavy atom. The van der Waals surface area contributed by atoms with Crippen LogP contribution in [-0.2, 0) is 23.0 Å². The van der Waals surface area contributed by atoms with Gasteiger partial charge in [-0.25, -0.2) is 13.1 Å². The van der Waals surface area contributed by atoms with Crippen LogP contribution in [0.2, 0.25) is 5.02 Å². The molecule has 0 radical (unpaired) electrons. The zero-order chi connectivity index (χ0) is 21.5. The molecule has 0 fully saturated rings. The Morgan fingerprint density at radius 1 is 1.07 bits per heavy atom. The van der Waals surface area contributed by atoms with E-state index in [0.717, 1.165) is 23.6 Å². The van der Waals surface area contributed by atoms with E-state index in [4.69, 9.17) is 11.6 Å². The Morgan fingerprint density at radius 3 is 2.34 bits per heavy atom. The first kappa shape index (κ1) is 23.2. The quantitative estimate of drug-likeness (QED) is 0.438. The number of hydrogen-bond acceptors (Lipinski definition) is 3. The minimum atomic E-state index is -3.42. The molecule has 0 amide bonds. The molecule has 0 bridgehead atoms. The average molecular weight is 437 g/mol. The normalized spacial score (nSPS) is 12.7. The smallest absolute Gasteiger partial charge is 0.240 e. The Labute approximate surface area is 178 Å². The number of nitrogens with one attached hydrogen (secondary N) is 3. The van der Waals surface area contributed by atoms with E-state index >= 15 is 0 Å². The van der Waals surface area contributed by atoms with E-state index in [1.807, 2.05) is 18.2 Å². The van der Waals surface area contributed by atoms with Crippen LogP contribution in [0.4, 0.5) is 0 Å². The van der Waals surface area contributed by atoms with Crippen molar-refractivity contribution in [1.29, 1.82) is 0 Å². The molecule has 0 aliphatic heterocycles. The summed E-state index contributed by atoms with van der Waals surface area (Å²) in [7, 11) is -0.298. The molecule has 158 valence electrons. The molecule has 0 spiro atoms. The number of rotatable bonds is 8. The number of hydrogen-bond donors (Lipinski definition) is 3. The molecule has 0 aromatic heterocycles. The summed E-state index contributed by atoms with van der Waals surface area (Å²) in [5.41, 5.74) is 2.16. The van der Waals surface area contributed by atoms with Gasteiger partial charge in [-0.2, -0.15) is 0 Å². The number of aliphatic imine (C=N–C) groups is 1. The van der Waals surface area contributed by atoms with Crippen LogP contribution in [0.25, 0.3) is 0 Å². The van der Waals surface area contributed by atoms with Crippen molar-refractivity contribution in [2.45, 2.75) is 31.7 Å². The highest BCUT2D eigenvalue weighted by molar-refractivity contribution is 7.89. The van der Waals surface area contributed by atoms with E-state index < -0.39 is 10.0 Å². The van der Waals surface area contributed by atoms with Gasteiger partial charge in [0.15, 0.2) is 5.96 Å². The summed E-state index contributed by atoms with van der Waals surface area (Å²) in [4.78, 5) is 4.51. The Kier molecular flexibility index (Phi) is 8.07. The van der Waals surface area contributed by atoms with Crippen LogP contribution in [0.15, 0.2) is 58.4 Å². The third-order valence-electron chi connectivity index (χ3n) is 4.49. The van der Waals surface area contributed by atoms with Crippen LogP contribution in [0.1, 0.15) is 25.0 Å². The molecular formula is C21H29ClN4O2S. The molecule has 0 saturated heterocycles. The molecule has 3 N–H and O–H groups in total. The van der Waals surface area contributed by atoms with Crippen molar-refractivity contribution in [1.82, 2.24) is 15.4 Å². The van der Waals surface area contributed by atoms with Crippen molar-refractivity contribution >= 4 is 27.6 Å². The molecule has 2 aromatic rings. The molecule has 0 atom stereocenters. The van der Waals surface area contributed by atoms with Gasteiger partial charge in [-0.05, 0) is 54.3 Å². The van der Waals surface area contributed by atoms with Gasteiger partial charge in [-0.15, -0.1) is 0 Å². The SMILES string of the molecule is CN=C(NCc1ccc(S(=O)(=O)NC)cc1)NCC(C)(C)Cc1cccc(Cl)c1. The highest BCUT2D eigenvalue weighted by Gasteiger charge is 2.19. The van der Waals surface area contributed by atoms with Crippen LogP contribution in [0, 0.1) is 5.41 Å². The standard InChI is InChI=1S/C21H29ClN4O2S/c1-21(2,13-17-6-5-7-18(22)12-17)15-26-20(23-3)25-14-16-8-10-19(11-9-16)29(27,28)24-4/h5-12,24H,13-15H2,1-4H3,(H2,23,25,26). The fourth-order valence-electron chi connectivity index (χ4n) is 2.90. The molecule has 2 rings (SSSR count). The van der Waals surface area contributed by atoms with Crippen molar-refractivity contribution in [2.75, 3.05) is 20.6 Å². The first-order valence-corrected chi connectivity index (χ1v) is 11.2. The molecule has 0 aliphatic carbocycles. The Hall–Kier alpha value is -2.09. The van der Waals surface area contributed by atoms with Crippen molar-refractivity contribution in [2.24, 2.45) is 10.4 Å². The van der Waals surface area contributed by atoms with Gasteiger partial charge in [0.2, 0.25) is 10.0 Å². The minimum absolute atomic E-state index is 0.00542. The first-order chi connectivity index (χ1) is 13.6. The van der Waals surface area contributed by atoms with Gasteiger partial charge in [-0.1, -0.05) is 49.7 Å². The van der Waals surface area contributed by atoms with E-state index in [9.17, 15) is 8.42 Å². The number of sulfonamides is 1. The number of guanidine groups is 1. The third kappa shape index (κ3) is 7.34. The zero-order valence-corrected chi connectivity index (χ0v) is 18.9. The third-order valence-corrected chi connectivity index (χ3v) is 6.16. The molecule has 0 aliphatic rings. The maximum atomic E-state index is 11.8. The van der Waals surface area contributed by atoms with Gasteiger partial charge in [0.05, 0.1) is 4.90 Å². The summed E-state index contributed by atoms with van der Waals surface area (Å²) in [6.45, 7) is 5.65. The number of nitrogens with zero attached hydrogens (tertiary/aromatic N) is 1. The average Bonchev–Trinajstić information content (AvgIpc) is 2.68.